The number of hydrogen-bond acceptors (Lipinski definition) is 1. The summed E-state index contributed by atoms with van der Waals surface area (Å²) in [6.07, 6.45) is 0. The summed E-state index contributed by atoms with van der Waals surface area (Å²) in [5.41, 5.74) is 2.40. The normalized spacial score (nSPS) is 10.2. The summed E-state index contributed by atoms with van der Waals surface area (Å²) in [6.45, 7) is 9.76. The molecule has 0 aliphatic rings. The van der Waals surface area contributed by atoms with Gasteiger partial charge in [-0.3, -0.25) is 0 Å². The highest BCUT2D eigenvalue weighted by Gasteiger charge is 2.04. The zero-order valence-electron chi connectivity index (χ0n) is 6.12. The number of hydrogen-bond donors (Lipinski definition) is 0. The van der Waals surface area contributed by atoms with Gasteiger partial charge in [-0.05, 0) is 31.9 Å². The third kappa shape index (κ3) is 0.869. The van der Waals surface area contributed by atoms with Crippen LogP contribution in [0.15, 0.2) is 4.42 Å². The minimum atomic E-state index is 0.796. The first-order valence-corrected chi connectivity index (χ1v) is 3.01. The molecule has 0 atom stereocenters. The van der Waals surface area contributed by atoms with Crippen molar-refractivity contribution < 1.29 is 4.42 Å². The van der Waals surface area contributed by atoms with Crippen LogP contribution in [-0.2, 0) is 0 Å². The molecule has 9 heavy (non-hydrogen) atoms. The monoisotopic (exact) mass is 123 g/mol. The fourth-order valence-corrected chi connectivity index (χ4v) is 0.811. The first-order chi connectivity index (χ1) is 4.13. The van der Waals surface area contributed by atoms with E-state index in [1.54, 1.807) is 0 Å². The highest BCUT2D eigenvalue weighted by atomic mass is 16.3. The van der Waals surface area contributed by atoms with Crippen LogP contribution in [0.3, 0.4) is 0 Å². The van der Waals surface area contributed by atoms with Crippen LogP contribution in [0.5, 0.6) is 0 Å². The van der Waals surface area contributed by atoms with Crippen LogP contribution in [0.4, 0.5) is 0 Å². The molecule has 1 heteroatoms. The molecule has 0 fully saturated rings. The standard InChI is InChI=1S/C8H11O/c1-5-6(2)8(4)9-7(5)3/h3H2,1-2,4H3. The van der Waals surface area contributed by atoms with E-state index in [-0.39, 0.29) is 0 Å². The number of aryl methyl sites for hydroxylation is 1. The quantitative estimate of drug-likeness (QED) is 0.516. The van der Waals surface area contributed by atoms with Gasteiger partial charge in [-0.1, -0.05) is 0 Å². The molecule has 1 radical (unpaired) electrons. The summed E-state index contributed by atoms with van der Waals surface area (Å²) < 4.78 is 5.23. The van der Waals surface area contributed by atoms with Crippen LogP contribution in [-0.4, -0.2) is 0 Å². The molecule has 1 nitrogen and oxygen atoms in total. The molecule has 0 aliphatic heterocycles. The van der Waals surface area contributed by atoms with E-state index in [0.717, 1.165) is 11.5 Å². The molecule has 1 rings (SSSR count). The molecule has 0 N–H and O–H groups in total. The molecule has 0 aromatic carbocycles. The predicted octanol–water partition coefficient (Wildman–Crippen LogP) is 2.39. The van der Waals surface area contributed by atoms with E-state index in [2.05, 4.69) is 6.92 Å². The largest absolute Gasteiger partial charge is 0.466 e. The molecule has 1 aromatic rings. The van der Waals surface area contributed by atoms with Gasteiger partial charge in [-0.25, -0.2) is 0 Å². The summed E-state index contributed by atoms with van der Waals surface area (Å²) in [6, 6.07) is 0. The van der Waals surface area contributed by atoms with E-state index in [0.29, 0.717) is 0 Å². The maximum absolute atomic E-state index is 5.23. The van der Waals surface area contributed by atoms with Crippen molar-refractivity contribution in [3.63, 3.8) is 0 Å². The Balaban J connectivity index is 3.29. The van der Waals surface area contributed by atoms with Gasteiger partial charge in [0.1, 0.15) is 11.5 Å². The summed E-state index contributed by atoms with van der Waals surface area (Å²) in [4.78, 5) is 0. The minimum Gasteiger partial charge on any atom is -0.466 e. The maximum atomic E-state index is 5.23. The Morgan fingerprint density at radius 3 is 1.78 bits per heavy atom. The zero-order chi connectivity index (χ0) is 7.02. The molecule has 49 valence electrons. The smallest absolute Gasteiger partial charge is 0.107 e. The second-order valence-electron chi connectivity index (χ2n) is 2.33. The number of furan rings is 1. The maximum Gasteiger partial charge on any atom is 0.107 e. The first-order valence-electron chi connectivity index (χ1n) is 3.01. The topological polar surface area (TPSA) is 13.1 Å². The van der Waals surface area contributed by atoms with Gasteiger partial charge >= 0.3 is 0 Å². The lowest BCUT2D eigenvalue weighted by atomic mass is 10.2. The highest BCUT2D eigenvalue weighted by Crippen LogP contribution is 2.18. The van der Waals surface area contributed by atoms with Crippen molar-refractivity contribution >= 4 is 0 Å². The van der Waals surface area contributed by atoms with E-state index < -0.39 is 0 Å². The second-order valence-corrected chi connectivity index (χ2v) is 2.33. The lowest BCUT2D eigenvalue weighted by molar-refractivity contribution is 0.514. The van der Waals surface area contributed by atoms with Crippen LogP contribution in [0.2, 0.25) is 0 Å². The summed E-state index contributed by atoms with van der Waals surface area (Å²) in [7, 11) is 0. The van der Waals surface area contributed by atoms with Crippen LogP contribution in [0, 0.1) is 27.7 Å². The lowest BCUT2D eigenvalue weighted by Gasteiger charge is -1.85. The summed E-state index contributed by atoms with van der Waals surface area (Å²) in [5, 5.41) is 0. The van der Waals surface area contributed by atoms with Crippen LogP contribution < -0.4 is 0 Å². The van der Waals surface area contributed by atoms with Gasteiger partial charge < -0.3 is 4.42 Å². The first kappa shape index (κ1) is 6.40. The third-order valence-electron chi connectivity index (χ3n) is 1.79. The Kier molecular flexibility index (Phi) is 1.35. The van der Waals surface area contributed by atoms with Crippen molar-refractivity contribution in [2.45, 2.75) is 20.8 Å². The molecule has 0 amide bonds. The third-order valence-corrected chi connectivity index (χ3v) is 1.79. The fourth-order valence-electron chi connectivity index (χ4n) is 0.811. The molecular formula is C8H11O. The van der Waals surface area contributed by atoms with Crippen molar-refractivity contribution in [3.8, 4) is 0 Å². The van der Waals surface area contributed by atoms with Gasteiger partial charge in [0.05, 0.1) is 0 Å². The molecule has 0 unspecified atom stereocenters. The fraction of sp³-hybridized carbons (Fsp3) is 0.375. The van der Waals surface area contributed by atoms with Gasteiger partial charge in [0.2, 0.25) is 0 Å². The van der Waals surface area contributed by atoms with Gasteiger partial charge in [0.15, 0.2) is 0 Å². The number of rotatable bonds is 0. The lowest BCUT2D eigenvalue weighted by Crippen LogP contribution is -1.73. The molecular weight excluding hydrogens is 112 g/mol. The molecule has 0 saturated carbocycles. The Bertz CT molecular complexity index is 198. The van der Waals surface area contributed by atoms with Gasteiger partial charge in [-0.2, -0.15) is 0 Å². The average Bonchev–Trinajstić information content (AvgIpc) is 1.98. The van der Waals surface area contributed by atoms with Gasteiger partial charge in [0.25, 0.3) is 0 Å². The summed E-state index contributed by atoms with van der Waals surface area (Å²) in [5.74, 6) is 1.78. The van der Waals surface area contributed by atoms with E-state index in [1.165, 1.54) is 11.1 Å². The highest BCUT2D eigenvalue weighted by molar-refractivity contribution is 5.31. The predicted molar refractivity (Wildman–Crippen MR) is 37.4 cm³/mol. The van der Waals surface area contributed by atoms with Crippen molar-refractivity contribution in [3.05, 3.63) is 29.6 Å². The average molecular weight is 123 g/mol. The van der Waals surface area contributed by atoms with Crippen molar-refractivity contribution in [1.29, 1.82) is 0 Å². The van der Waals surface area contributed by atoms with Gasteiger partial charge in [-0.15, -0.1) is 0 Å². The van der Waals surface area contributed by atoms with E-state index in [9.17, 15) is 0 Å². The molecule has 0 bridgehead atoms. The molecule has 1 heterocycles. The van der Waals surface area contributed by atoms with E-state index in [4.69, 9.17) is 4.42 Å². The molecule has 0 spiro atoms. The van der Waals surface area contributed by atoms with Crippen LogP contribution in [0.25, 0.3) is 0 Å². The molecule has 0 aliphatic carbocycles. The van der Waals surface area contributed by atoms with Crippen molar-refractivity contribution in [2.75, 3.05) is 0 Å². The Hall–Kier alpha value is -0.720. The van der Waals surface area contributed by atoms with Crippen molar-refractivity contribution in [2.24, 2.45) is 0 Å². The van der Waals surface area contributed by atoms with Crippen molar-refractivity contribution in [1.82, 2.24) is 0 Å². The zero-order valence-corrected chi connectivity index (χ0v) is 6.12. The molecule has 1 aromatic heterocycles. The Morgan fingerprint density at radius 2 is 1.67 bits per heavy atom. The second kappa shape index (κ2) is 1.90. The Labute approximate surface area is 55.7 Å². The Morgan fingerprint density at radius 1 is 1.11 bits per heavy atom. The van der Waals surface area contributed by atoms with Crippen LogP contribution in [0.1, 0.15) is 22.6 Å². The van der Waals surface area contributed by atoms with Gasteiger partial charge in [0, 0.05) is 6.92 Å². The molecule has 0 saturated heterocycles. The summed E-state index contributed by atoms with van der Waals surface area (Å²) >= 11 is 0. The van der Waals surface area contributed by atoms with E-state index >= 15 is 0 Å². The minimum absolute atomic E-state index is 0.796. The van der Waals surface area contributed by atoms with Crippen LogP contribution >= 0.6 is 0 Å². The van der Waals surface area contributed by atoms with E-state index in [1.807, 2.05) is 20.8 Å². The SMILES string of the molecule is [CH2]c1oc(C)c(C)c1C.